The molecule has 8 heteroatoms. The van der Waals surface area contributed by atoms with Crippen LogP contribution in [-0.2, 0) is 11.3 Å². The van der Waals surface area contributed by atoms with Crippen LogP contribution in [0.4, 0.5) is 5.13 Å². The third kappa shape index (κ3) is 4.71. The van der Waals surface area contributed by atoms with Gasteiger partial charge in [0.05, 0.1) is 18.6 Å². The highest BCUT2D eigenvalue weighted by Crippen LogP contribution is 2.26. The quantitative estimate of drug-likeness (QED) is 0.806. The zero-order chi connectivity index (χ0) is 16.1. The Bertz CT molecular complexity index is 621. The van der Waals surface area contributed by atoms with Gasteiger partial charge in [0.15, 0.2) is 4.34 Å². The Labute approximate surface area is 143 Å². The van der Waals surface area contributed by atoms with Crippen LogP contribution in [0.2, 0.25) is 0 Å². The number of thioether (sulfide) groups is 1. The fraction of sp³-hybridized carbons (Fsp3) is 0.533. The SMILES string of the molecule is CC1CCN(C(=O)CSc2nnc(NCc3ccco3)s2)CC1. The number of piperidine rings is 1. The highest BCUT2D eigenvalue weighted by atomic mass is 32.2. The number of nitrogens with one attached hydrogen (secondary N) is 1. The third-order valence-electron chi connectivity index (χ3n) is 3.86. The van der Waals surface area contributed by atoms with Gasteiger partial charge in [-0.1, -0.05) is 30.0 Å². The first kappa shape index (κ1) is 16.3. The number of likely N-dealkylation sites (tertiary alicyclic amines) is 1. The first-order valence-electron chi connectivity index (χ1n) is 7.71. The maximum Gasteiger partial charge on any atom is 0.233 e. The summed E-state index contributed by atoms with van der Waals surface area (Å²) in [5.74, 6) is 2.21. The molecule has 0 aromatic carbocycles. The summed E-state index contributed by atoms with van der Waals surface area (Å²) in [5.41, 5.74) is 0. The highest BCUT2D eigenvalue weighted by molar-refractivity contribution is 8.01. The summed E-state index contributed by atoms with van der Waals surface area (Å²) in [6.07, 6.45) is 3.86. The van der Waals surface area contributed by atoms with Gasteiger partial charge in [-0.05, 0) is 30.9 Å². The molecule has 0 bridgehead atoms. The summed E-state index contributed by atoms with van der Waals surface area (Å²) in [4.78, 5) is 14.2. The Morgan fingerprint density at radius 1 is 1.48 bits per heavy atom. The number of furan rings is 1. The fourth-order valence-electron chi connectivity index (χ4n) is 2.39. The lowest BCUT2D eigenvalue weighted by Crippen LogP contribution is -2.38. The first-order chi connectivity index (χ1) is 11.2. The highest BCUT2D eigenvalue weighted by Gasteiger charge is 2.20. The molecule has 1 saturated heterocycles. The van der Waals surface area contributed by atoms with E-state index in [0.717, 1.165) is 47.1 Å². The first-order valence-corrected chi connectivity index (χ1v) is 9.51. The Kier molecular flexibility index (Phi) is 5.56. The normalized spacial score (nSPS) is 15.8. The molecule has 1 N–H and O–H groups in total. The molecule has 0 radical (unpaired) electrons. The molecule has 1 fully saturated rings. The Morgan fingerprint density at radius 2 is 2.30 bits per heavy atom. The molecule has 0 saturated carbocycles. The van der Waals surface area contributed by atoms with Crippen molar-refractivity contribution < 1.29 is 9.21 Å². The van der Waals surface area contributed by atoms with Crippen molar-refractivity contribution in [2.24, 2.45) is 5.92 Å². The van der Waals surface area contributed by atoms with Crippen LogP contribution >= 0.6 is 23.1 Å². The van der Waals surface area contributed by atoms with E-state index in [2.05, 4.69) is 22.4 Å². The maximum atomic E-state index is 12.2. The van der Waals surface area contributed by atoms with Gasteiger partial charge >= 0.3 is 0 Å². The molecule has 1 aliphatic heterocycles. The zero-order valence-corrected chi connectivity index (χ0v) is 14.7. The minimum Gasteiger partial charge on any atom is -0.467 e. The van der Waals surface area contributed by atoms with Crippen LogP contribution in [0.1, 0.15) is 25.5 Å². The van der Waals surface area contributed by atoms with E-state index in [1.165, 1.54) is 23.1 Å². The molecule has 6 nitrogen and oxygen atoms in total. The van der Waals surface area contributed by atoms with Gasteiger partial charge in [0.25, 0.3) is 0 Å². The van der Waals surface area contributed by atoms with Crippen LogP contribution in [0, 0.1) is 5.92 Å². The Morgan fingerprint density at radius 3 is 3.04 bits per heavy atom. The van der Waals surface area contributed by atoms with E-state index < -0.39 is 0 Å². The van der Waals surface area contributed by atoms with Crippen LogP contribution in [0.25, 0.3) is 0 Å². The molecule has 1 amide bonds. The monoisotopic (exact) mass is 352 g/mol. The molecule has 124 valence electrons. The van der Waals surface area contributed by atoms with Gasteiger partial charge in [-0.25, -0.2) is 0 Å². The predicted molar refractivity (Wildman–Crippen MR) is 91.6 cm³/mol. The molecular weight excluding hydrogens is 332 g/mol. The van der Waals surface area contributed by atoms with Crippen molar-refractivity contribution in [2.75, 3.05) is 24.2 Å². The van der Waals surface area contributed by atoms with Crippen molar-refractivity contribution in [1.82, 2.24) is 15.1 Å². The molecule has 0 atom stereocenters. The molecule has 3 heterocycles. The molecule has 1 aliphatic rings. The fourth-order valence-corrected chi connectivity index (χ4v) is 4.04. The number of rotatable bonds is 6. The molecule has 0 aliphatic carbocycles. The van der Waals surface area contributed by atoms with E-state index >= 15 is 0 Å². The van der Waals surface area contributed by atoms with E-state index in [0.29, 0.717) is 12.3 Å². The van der Waals surface area contributed by atoms with Gasteiger partial charge in [0, 0.05) is 13.1 Å². The second-order valence-corrected chi connectivity index (χ2v) is 7.86. The minimum atomic E-state index is 0.196. The van der Waals surface area contributed by atoms with Gasteiger partial charge in [0.1, 0.15) is 5.76 Å². The Balaban J connectivity index is 1.42. The number of carbonyl (C=O) groups is 1. The number of amides is 1. The van der Waals surface area contributed by atoms with Gasteiger partial charge in [-0.2, -0.15) is 0 Å². The number of hydrogen-bond acceptors (Lipinski definition) is 7. The van der Waals surface area contributed by atoms with Crippen molar-refractivity contribution in [2.45, 2.75) is 30.6 Å². The van der Waals surface area contributed by atoms with Crippen LogP contribution in [0.5, 0.6) is 0 Å². The van der Waals surface area contributed by atoms with E-state index in [4.69, 9.17) is 4.42 Å². The van der Waals surface area contributed by atoms with Crippen LogP contribution in [-0.4, -0.2) is 39.8 Å². The second kappa shape index (κ2) is 7.83. The number of nitrogens with zero attached hydrogens (tertiary/aromatic N) is 3. The summed E-state index contributed by atoms with van der Waals surface area (Å²) in [5, 5.41) is 12.1. The summed E-state index contributed by atoms with van der Waals surface area (Å²) in [6, 6.07) is 3.76. The standard InChI is InChI=1S/C15H20N4O2S2/c1-11-4-6-19(7-5-11)13(20)10-22-15-18-17-14(23-15)16-9-12-3-2-8-21-12/h2-3,8,11H,4-7,9-10H2,1H3,(H,16,17). The largest absolute Gasteiger partial charge is 0.467 e. The summed E-state index contributed by atoms with van der Waals surface area (Å²) in [7, 11) is 0. The average Bonchev–Trinajstić information content (AvgIpc) is 3.23. The molecule has 2 aromatic rings. The zero-order valence-electron chi connectivity index (χ0n) is 13.0. The lowest BCUT2D eigenvalue weighted by Gasteiger charge is -2.30. The van der Waals surface area contributed by atoms with Crippen LogP contribution in [0.3, 0.4) is 0 Å². The average molecular weight is 352 g/mol. The number of anilines is 1. The lowest BCUT2D eigenvalue weighted by molar-refractivity contribution is -0.129. The smallest absolute Gasteiger partial charge is 0.233 e. The summed E-state index contributed by atoms with van der Waals surface area (Å²) >= 11 is 2.92. The van der Waals surface area contributed by atoms with E-state index in [-0.39, 0.29) is 5.91 Å². The van der Waals surface area contributed by atoms with Crippen molar-refractivity contribution in [3.63, 3.8) is 0 Å². The van der Waals surface area contributed by atoms with Crippen LogP contribution in [0.15, 0.2) is 27.2 Å². The molecule has 2 aromatic heterocycles. The number of hydrogen-bond donors (Lipinski definition) is 1. The predicted octanol–water partition coefficient (Wildman–Crippen LogP) is 3.09. The molecular formula is C15H20N4O2S2. The number of carbonyl (C=O) groups excluding carboxylic acids is 1. The Hall–Kier alpha value is -1.54. The molecule has 23 heavy (non-hydrogen) atoms. The van der Waals surface area contributed by atoms with E-state index in [1.54, 1.807) is 6.26 Å². The van der Waals surface area contributed by atoms with Gasteiger partial charge < -0.3 is 14.6 Å². The van der Waals surface area contributed by atoms with E-state index in [9.17, 15) is 4.79 Å². The minimum absolute atomic E-state index is 0.196. The van der Waals surface area contributed by atoms with Crippen molar-refractivity contribution in [3.8, 4) is 0 Å². The second-order valence-electron chi connectivity index (χ2n) is 5.66. The third-order valence-corrected chi connectivity index (χ3v) is 5.85. The van der Waals surface area contributed by atoms with Crippen LogP contribution < -0.4 is 5.32 Å². The maximum absolute atomic E-state index is 12.2. The van der Waals surface area contributed by atoms with Crippen molar-refractivity contribution in [3.05, 3.63) is 24.2 Å². The molecule has 3 rings (SSSR count). The lowest BCUT2D eigenvalue weighted by atomic mass is 9.99. The van der Waals surface area contributed by atoms with Crippen molar-refractivity contribution >= 4 is 34.1 Å². The van der Waals surface area contributed by atoms with Gasteiger partial charge in [0.2, 0.25) is 11.0 Å². The van der Waals surface area contributed by atoms with Gasteiger partial charge in [-0.3, -0.25) is 4.79 Å². The molecule has 0 unspecified atom stereocenters. The summed E-state index contributed by atoms with van der Waals surface area (Å²) < 4.78 is 6.07. The molecule has 0 spiro atoms. The topological polar surface area (TPSA) is 71.3 Å². The number of aromatic nitrogens is 2. The summed E-state index contributed by atoms with van der Waals surface area (Å²) in [6.45, 7) is 4.59. The van der Waals surface area contributed by atoms with Crippen molar-refractivity contribution in [1.29, 1.82) is 0 Å². The van der Waals surface area contributed by atoms with Gasteiger partial charge in [-0.15, -0.1) is 10.2 Å². The van der Waals surface area contributed by atoms with E-state index in [1.807, 2.05) is 17.0 Å².